The number of aromatic nitrogens is 5. The summed E-state index contributed by atoms with van der Waals surface area (Å²) in [5.74, 6) is -0.676. The van der Waals surface area contributed by atoms with Crippen molar-refractivity contribution in [1.82, 2.24) is 30.7 Å². The molecule has 30 heavy (non-hydrogen) atoms. The van der Waals surface area contributed by atoms with Gasteiger partial charge in [0.2, 0.25) is 11.6 Å². The topological polar surface area (TPSA) is 142 Å². The van der Waals surface area contributed by atoms with Gasteiger partial charge in [-0.25, -0.2) is 10.1 Å². The van der Waals surface area contributed by atoms with Gasteiger partial charge in [0.15, 0.2) is 5.69 Å². The molecule has 0 aliphatic carbocycles. The van der Waals surface area contributed by atoms with Gasteiger partial charge in [0, 0.05) is 0 Å². The number of nitrogens with two attached hydrogens (primary N) is 1. The number of hydrazone groups is 1. The van der Waals surface area contributed by atoms with E-state index in [0.717, 1.165) is 23.2 Å². The fraction of sp³-hybridized carbons (Fsp3) is 0.250. The number of halogens is 3. The molecular formula is C16H17F3N9O2+. The molecule has 0 aliphatic heterocycles. The smallest absolute Gasteiger partial charge is 0.378 e. The number of nitrogen functional groups attached to an aromatic ring is 1. The highest BCUT2D eigenvalue weighted by Crippen LogP contribution is 2.29. The van der Waals surface area contributed by atoms with Crippen molar-refractivity contribution in [3.05, 3.63) is 46.8 Å². The number of hydrogen-bond donors (Lipinski definition) is 3. The number of amides is 1. The molecule has 4 N–H and O–H groups in total. The van der Waals surface area contributed by atoms with Gasteiger partial charge < -0.3 is 10.6 Å². The monoisotopic (exact) mass is 424 g/mol. The summed E-state index contributed by atoms with van der Waals surface area (Å²) in [5, 5.41) is 18.5. The third-order valence-corrected chi connectivity index (χ3v) is 3.79. The van der Waals surface area contributed by atoms with E-state index in [4.69, 9.17) is 5.73 Å². The van der Waals surface area contributed by atoms with E-state index in [9.17, 15) is 18.0 Å². The molecule has 0 spiro atoms. The van der Waals surface area contributed by atoms with Gasteiger partial charge in [-0.2, -0.15) is 23.0 Å². The normalized spacial score (nSPS) is 12.1. The lowest BCUT2D eigenvalue weighted by Crippen LogP contribution is -3.04. The van der Waals surface area contributed by atoms with Crippen LogP contribution in [0.2, 0.25) is 0 Å². The van der Waals surface area contributed by atoms with Crippen LogP contribution in [0, 0.1) is 0 Å². The van der Waals surface area contributed by atoms with Crippen LogP contribution in [-0.4, -0.2) is 51.5 Å². The minimum Gasteiger partial charge on any atom is -0.378 e. The summed E-state index contributed by atoms with van der Waals surface area (Å²) >= 11 is 0. The van der Waals surface area contributed by atoms with Crippen LogP contribution in [0.4, 0.5) is 19.0 Å². The lowest BCUT2D eigenvalue weighted by molar-refractivity contribution is -0.873. The van der Waals surface area contributed by atoms with Crippen LogP contribution >= 0.6 is 0 Å². The van der Waals surface area contributed by atoms with E-state index in [1.807, 2.05) is 14.1 Å². The lowest BCUT2D eigenvalue weighted by atomic mass is 10.1. The Morgan fingerprint density at radius 2 is 2.13 bits per heavy atom. The van der Waals surface area contributed by atoms with E-state index in [1.54, 1.807) is 0 Å². The molecule has 0 aliphatic rings. The molecule has 0 radical (unpaired) electrons. The van der Waals surface area contributed by atoms with Crippen LogP contribution in [0.25, 0.3) is 5.82 Å². The second-order valence-electron chi connectivity index (χ2n) is 6.48. The number of quaternary nitrogens is 1. The van der Waals surface area contributed by atoms with Crippen LogP contribution in [0.5, 0.6) is 0 Å². The maximum atomic E-state index is 12.8. The zero-order valence-corrected chi connectivity index (χ0v) is 15.8. The van der Waals surface area contributed by atoms with Gasteiger partial charge in [-0.05, 0) is 28.0 Å². The molecule has 1 amide bonds. The van der Waals surface area contributed by atoms with Crippen LogP contribution in [0.3, 0.4) is 0 Å². The van der Waals surface area contributed by atoms with Gasteiger partial charge in [-0.3, -0.25) is 4.79 Å². The number of alkyl halides is 3. The summed E-state index contributed by atoms with van der Waals surface area (Å²) in [6.45, 7) is 0.319. The second kappa shape index (κ2) is 8.28. The molecule has 1 aromatic carbocycles. The fourth-order valence-electron chi connectivity index (χ4n) is 2.49. The van der Waals surface area contributed by atoms with Gasteiger partial charge >= 0.3 is 6.18 Å². The molecule has 0 saturated heterocycles. The SMILES string of the molecule is C[NH+](C)Cc1c(C(=O)NN=Cc2cccc(C(F)(F)F)c2)nnn1-c1nonc1N. The number of benzene rings is 1. The lowest BCUT2D eigenvalue weighted by Gasteiger charge is -2.09. The summed E-state index contributed by atoms with van der Waals surface area (Å²) in [4.78, 5) is 13.5. The summed E-state index contributed by atoms with van der Waals surface area (Å²) in [7, 11) is 3.68. The van der Waals surface area contributed by atoms with Crippen molar-refractivity contribution < 1.29 is 27.5 Å². The van der Waals surface area contributed by atoms with Crippen molar-refractivity contribution in [3.63, 3.8) is 0 Å². The van der Waals surface area contributed by atoms with Gasteiger partial charge in [0.25, 0.3) is 5.91 Å². The van der Waals surface area contributed by atoms with E-state index in [1.165, 1.54) is 16.8 Å². The van der Waals surface area contributed by atoms with Crippen molar-refractivity contribution in [2.75, 3.05) is 19.8 Å². The molecule has 11 nitrogen and oxygen atoms in total. The largest absolute Gasteiger partial charge is 0.416 e. The highest BCUT2D eigenvalue weighted by atomic mass is 19.4. The van der Waals surface area contributed by atoms with E-state index >= 15 is 0 Å². The van der Waals surface area contributed by atoms with Crippen molar-refractivity contribution in [3.8, 4) is 5.82 Å². The van der Waals surface area contributed by atoms with Crippen LogP contribution in [0.1, 0.15) is 27.3 Å². The quantitative estimate of drug-likeness (QED) is 0.363. The van der Waals surface area contributed by atoms with Crippen LogP contribution in [-0.2, 0) is 12.7 Å². The van der Waals surface area contributed by atoms with Crippen LogP contribution < -0.4 is 16.1 Å². The van der Waals surface area contributed by atoms with E-state index < -0.39 is 17.6 Å². The number of carbonyl (C=O) groups excluding carboxylic acids is 1. The first-order valence-electron chi connectivity index (χ1n) is 8.49. The molecule has 0 saturated carbocycles. The highest BCUT2D eigenvalue weighted by molar-refractivity contribution is 5.94. The minimum absolute atomic E-state index is 0.0376. The fourth-order valence-corrected chi connectivity index (χ4v) is 2.49. The third kappa shape index (κ3) is 4.60. The molecule has 2 heterocycles. The van der Waals surface area contributed by atoms with Gasteiger partial charge in [0.05, 0.1) is 25.9 Å². The summed E-state index contributed by atoms with van der Waals surface area (Å²) in [6, 6.07) is 4.51. The Kier molecular flexibility index (Phi) is 5.77. The molecule has 0 atom stereocenters. The number of rotatable bonds is 6. The maximum absolute atomic E-state index is 12.8. The first-order valence-corrected chi connectivity index (χ1v) is 8.49. The van der Waals surface area contributed by atoms with Gasteiger partial charge in [-0.1, -0.05) is 17.3 Å². The van der Waals surface area contributed by atoms with Gasteiger partial charge in [-0.15, -0.1) is 5.10 Å². The number of nitrogens with one attached hydrogen (secondary N) is 2. The molecule has 0 unspecified atom stereocenters. The highest BCUT2D eigenvalue weighted by Gasteiger charge is 2.30. The zero-order chi connectivity index (χ0) is 21.9. The van der Waals surface area contributed by atoms with Crippen molar-refractivity contribution in [2.45, 2.75) is 12.7 Å². The molecule has 3 aromatic rings. The van der Waals surface area contributed by atoms with E-state index in [-0.39, 0.29) is 22.9 Å². The Hall–Kier alpha value is -3.81. The first kappa shape index (κ1) is 20.9. The predicted octanol–water partition coefficient (Wildman–Crippen LogP) is -0.340. The molecule has 14 heteroatoms. The first-order chi connectivity index (χ1) is 14.2. The number of carbonyl (C=O) groups is 1. The summed E-state index contributed by atoms with van der Waals surface area (Å²) < 4.78 is 44.1. The van der Waals surface area contributed by atoms with Crippen molar-refractivity contribution in [2.24, 2.45) is 5.10 Å². The molecule has 3 rings (SSSR count). The van der Waals surface area contributed by atoms with Gasteiger partial charge in [0.1, 0.15) is 12.2 Å². The number of hydrogen-bond acceptors (Lipinski definition) is 8. The number of anilines is 1. The van der Waals surface area contributed by atoms with Crippen molar-refractivity contribution in [1.29, 1.82) is 0 Å². The molecule has 158 valence electrons. The Labute approximate surface area is 167 Å². The molecule has 2 aromatic heterocycles. The molecule has 0 bridgehead atoms. The number of nitrogens with zero attached hydrogens (tertiary/aromatic N) is 6. The van der Waals surface area contributed by atoms with Crippen molar-refractivity contribution >= 4 is 17.9 Å². The minimum atomic E-state index is -4.48. The summed E-state index contributed by atoms with van der Waals surface area (Å²) in [6.07, 6.45) is -3.39. The van der Waals surface area contributed by atoms with Crippen LogP contribution in [0.15, 0.2) is 34.0 Å². The Balaban J connectivity index is 1.81. The Morgan fingerprint density at radius 3 is 2.77 bits per heavy atom. The third-order valence-electron chi connectivity index (χ3n) is 3.79. The average molecular weight is 424 g/mol. The predicted molar refractivity (Wildman–Crippen MR) is 96.6 cm³/mol. The Bertz CT molecular complexity index is 1070. The molecule has 0 fully saturated rings. The average Bonchev–Trinajstić information content (AvgIpc) is 3.26. The van der Waals surface area contributed by atoms with E-state index in [2.05, 4.69) is 35.8 Å². The molecular weight excluding hydrogens is 407 g/mol. The second-order valence-corrected chi connectivity index (χ2v) is 6.48. The maximum Gasteiger partial charge on any atom is 0.416 e. The zero-order valence-electron chi connectivity index (χ0n) is 15.8. The van der Waals surface area contributed by atoms with E-state index in [0.29, 0.717) is 12.2 Å². The Morgan fingerprint density at radius 1 is 1.37 bits per heavy atom. The standard InChI is InChI=1S/C16H16F3N9O2/c1-27(2)8-11-12(22-26-28(11)14-13(20)24-30-25-14)15(29)23-21-7-9-4-3-5-10(6-9)16(17,18)19/h3-7H,8H2,1-2H3,(H2,20,24)(H,23,29)/p+1. The summed E-state index contributed by atoms with van der Waals surface area (Å²) in [5.41, 5.74) is 7.55.